The topological polar surface area (TPSA) is 63.7 Å². The Bertz CT molecular complexity index is 504. The number of hydrogen-bond acceptors (Lipinski definition) is 4. The summed E-state index contributed by atoms with van der Waals surface area (Å²) >= 11 is 0. The van der Waals surface area contributed by atoms with Crippen LogP contribution in [0.2, 0.25) is 0 Å². The Hall–Kier alpha value is -0.620. The van der Waals surface area contributed by atoms with Gasteiger partial charge in [-0.15, -0.1) is 0 Å². The third-order valence-electron chi connectivity index (χ3n) is 5.55. The Morgan fingerprint density at radius 1 is 1.05 bits per heavy atom. The average molecular weight is 329 g/mol. The second-order valence-electron chi connectivity index (χ2n) is 7.20. The van der Waals surface area contributed by atoms with E-state index in [1.165, 1.54) is 42.7 Å². The standard InChI is InChI=1S/C16H27NO4S/c1-22(19,20)17-9-7-13(8-10-17)21-16(18)15-11-14(15)12-5-3-2-4-6-12/h12-15H,2-11H2,1H3/t14-,15-/m0/s1. The smallest absolute Gasteiger partial charge is 0.309 e. The first-order chi connectivity index (χ1) is 10.4. The molecular formula is C16H27NO4S. The van der Waals surface area contributed by atoms with Crippen LogP contribution in [0, 0.1) is 17.8 Å². The van der Waals surface area contributed by atoms with Gasteiger partial charge in [0.15, 0.2) is 0 Å². The van der Waals surface area contributed by atoms with Crippen LogP contribution in [0.3, 0.4) is 0 Å². The number of esters is 1. The first kappa shape index (κ1) is 16.2. The monoisotopic (exact) mass is 329 g/mol. The summed E-state index contributed by atoms with van der Waals surface area (Å²) in [4.78, 5) is 12.3. The first-order valence-electron chi connectivity index (χ1n) is 8.61. The molecule has 22 heavy (non-hydrogen) atoms. The van der Waals surface area contributed by atoms with Crippen LogP contribution in [0.1, 0.15) is 51.4 Å². The van der Waals surface area contributed by atoms with Crippen molar-refractivity contribution in [1.82, 2.24) is 4.31 Å². The van der Waals surface area contributed by atoms with Crippen molar-refractivity contribution in [2.24, 2.45) is 17.8 Å². The Morgan fingerprint density at radius 3 is 2.27 bits per heavy atom. The van der Waals surface area contributed by atoms with Gasteiger partial charge in [-0.25, -0.2) is 12.7 Å². The molecule has 0 aromatic rings. The van der Waals surface area contributed by atoms with Gasteiger partial charge in [0.1, 0.15) is 6.10 Å². The fraction of sp³-hybridized carbons (Fsp3) is 0.938. The molecule has 0 unspecified atom stereocenters. The third kappa shape index (κ3) is 3.82. The minimum Gasteiger partial charge on any atom is -0.462 e. The number of carbonyl (C=O) groups is 1. The largest absolute Gasteiger partial charge is 0.462 e. The second-order valence-corrected chi connectivity index (χ2v) is 9.18. The first-order valence-corrected chi connectivity index (χ1v) is 10.5. The number of ether oxygens (including phenoxy) is 1. The van der Waals surface area contributed by atoms with Crippen molar-refractivity contribution < 1.29 is 17.9 Å². The molecular weight excluding hydrogens is 302 g/mol. The zero-order valence-electron chi connectivity index (χ0n) is 13.4. The number of carbonyl (C=O) groups excluding carboxylic acids is 1. The molecule has 3 aliphatic rings. The summed E-state index contributed by atoms with van der Waals surface area (Å²) in [5, 5.41) is 0. The quantitative estimate of drug-likeness (QED) is 0.742. The van der Waals surface area contributed by atoms with Gasteiger partial charge in [0.2, 0.25) is 10.0 Å². The van der Waals surface area contributed by atoms with Gasteiger partial charge in [0.25, 0.3) is 0 Å². The minimum atomic E-state index is -3.11. The molecule has 1 aliphatic heterocycles. The summed E-state index contributed by atoms with van der Waals surface area (Å²) in [5.74, 6) is 1.38. The molecule has 1 heterocycles. The molecule has 3 rings (SSSR count). The van der Waals surface area contributed by atoms with Gasteiger partial charge in [-0.05, 0) is 31.1 Å². The van der Waals surface area contributed by atoms with Crippen molar-refractivity contribution in [2.45, 2.75) is 57.5 Å². The molecule has 0 spiro atoms. The molecule has 0 amide bonds. The maximum absolute atomic E-state index is 12.3. The highest BCUT2D eigenvalue weighted by atomic mass is 32.2. The molecule has 1 saturated heterocycles. The Labute approximate surface area is 133 Å². The molecule has 2 aliphatic carbocycles. The predicted molar refractivity (Wildman–Crippen MR) is 83.7 cm³/mol. The van der Waals surface area contributed by atoms with E-state index < -0.39 is 10.0 Å². The number of sulfonamides is 1. The molecule has 0 bridgehead atoms. The van der Waals surface area contributed by atoms with Crippen LogP contribution in [0.25, 0.3) is 0 Å². The minimum absolute atomic E-state index is 0.0339. The molecule has 0 aromatic carbocycles. The number of rotatable bonds is 4. The molecule has 2 atom stereocenters. The summed E-state index contributed by atoms with van der Waals surface area (Å²) in [6.45, 7) is 0.932. The van der Waals surface area contributed by atoms with E-state index in [2.05, 4.69) is 0 Å². The fourth-order valence-electron chi connectivity index (χ4n) is 4.10. The van der Waals surface area contributed by atoms with Gasteiger partial charge in [-0.1, -0.05) is 32.1 Å². The van der Waals surface area contributed by atoms with E-state index in [1.807, 2.05) is 0 Å². The van der Waals surface area contributed by atoms with Gasteiger partial charge in [-0.3, -0.25) is 4.79 Å². The SMILES string of the molecule is CS(=O)(=O)N1CCC(OC(=O)[C@H]2C[C@H]2C2CCCCC2)CC1. The number of hydrogen-bond donors (Lipinski definition) is 0. The van der Waals surface area contributed by atoms with Crippen LogP contribution in [-0.2, 0) is 19.6 Å². The van der Waals surface area contributed by atoms with E-state index in [0.717, 1.165) is 12.3 Å². The van der Waals surface area contributed by atoms with E-state index >= 15 is 0 Å². The Kier molecular flexibility index (Phi) is 4.78. The van der Waals surface area contributed by atoms with Crippen LogP contribution in [-0.4, -0.2) is 44.1 Å². The Morgan fingerprint density at radius 2 is 1.68 bits per heavy atom. The van der Waals surface area contributed by atoms with Crippen LogP contribution >= 0.6 is 0 Å². The summed E-state index contributed by atoms with van der Waals surface area (Å²) in [6.07, 6.45) is 9.92. The van der Waals surface area contributed by atoms with Gasteiger partial charge in [0, 0.05) is 13.1 Å². The van der Waals surface area contributed by atoms with Crippen LogP contribution < -0.4 is 0 Å². The molecule has 5 nitrogen and oxygen atoms in total. The summed E-state index contributed by atoms with van der Waals surface area (Å²) in [5.41, 5.74) is 0. The Balaban J connectivity index is 1.42. The summed E-state index contributed by atoms with van der Waals surface area (Å²) < 4.78 is 30.0. The summed E-state index contributed by atoms with van der Waals surface area (Å²) in [7, 11) is -3.11. The average Bonchev–Trinajstić information content (AvgIpc) is 3.28. The maximum atomic E-state index is 12.3. The lowest BCUT2D eigenvalue weighted by molar-refractivity contribution is -0.152. The van der Waals surface area contributed by atoms with E-state index in [9.17, 15) is 13.2 Å². The highest BCUT2D eigenvalue weighted by molar-refractivity contribution is 7.88. The normalized spacial score (nSPS) is 31.9. The highest BCUT2D eigenvalue weighted by Gasteiger charge is 2.49. The van der Waals surface area contributed by atoms with E-state index in [-0.39, 0.29) is 18.0 Å². The molecule has 6 heteroatoms. The summed E-state index contributed by atoms with van der Waals surface area (Å²) in [6, 6.07) is 0. The van der Waals surface area contributed by atoms with Gasteiger partial charge < -0.3 is 4.74 Å². The molecule has 0 radical (unpaired) electrons. The van der Waals surface area contributed by atoms with Crippen LogP contribution in [0.15, 0.2) is 0 Å². The van der Waals surface area contributed by atoms with Crippen molar-refractivity contribution in [2.75, 3.05) is 19.3 Å². The number of nitrogens with zero attached hydrogens (tertiary/aromatic N) is 1. The molecule has 2 saturated carbocycles. The van der Waals surface area contributed by atoms with E-state index in [4.69, 9.17) is 4.74 Å². The van der Waals surface area contributed by atoms with E-state index in [0.29, 0.717) is 31.8 Å². The number of piperidine rings is 1. The van der Waals surface area contributed by atoms with Crippen LogP contribution in [0.4, 0.5) is 0 Å². The predicted octanol–water partition coefficient (Wildman–Crippen LogP) is 2.17. The molecule has 0 N–H and O–H groups in total. The lowest BCUT2D eigenvalue weighted by Crippen LogP contribution is -2.41. The highest BCUT2D eigenvalue weighted by Crippen LogP contribution is 2.50. The van der Waals surface area contributed by atoms with Crippen molar-refractivity contribution in [3.63, 3.8) is 0 Å². The maximum Gasteiger partial charge on any atom is 0.309 e. The van der Waals surface area contributed by atoms with Crippen molar-refractivity contribution in [3.05, 3.63) is 0 Å². The second kappa shape index (κ2) is 6.48. The molecule has 3 fully saturated rings. The zero-order chi connectivity index (χ0) is 15.7. The third-order valence-corrected chi connectivity index (χ3v) is 6.85. The van der Waals surface area contributed by atoms with Crippen molar-refractivity contribution >= 4 is 16.0 Å². The zero-order valence-corrected chi connectivity index (χ0v) is 14.2. The molecule has 0 aromatic heterocycles. The van der Waals surface area contributed by atoms with E-state index in [1.54, 1.807) is 0 Å². The molecule has 126 valence electrons. The van der Waals surface area contributed by atoms with Crippen molar-refractivity contribution in [1.29, 1.82) is 0 Å². The van der Waals surface area contributed by atoms with Gasteiger partial charge >= 0.3 is 5.97 Å². The fourth-order valence-corrected chi connectivity index (χ4v) is 4.98. The van der Waals surface area contributed by atoms with Gasteiger partial charge in [0.05, 0.1) is 12.2 Å². The van der Waals surface area contributed by atoms with Crippen LogP contribution in [0.5, 0.6) is 0 Å². The van der Waals surface area contributed by atoms with Gasteiger partial charge in [-0.2, -0.15) is 0 Å². The van der Waals surface area contributed by atoms with Crippen molar-refractivity contribution in [3.8, 4) is 0 Å². The lowest BCUT2D eigenvalue weighted by atomic mass is 9.85. The lowest BCUT2D eigenvalue weighted by Gasteiger charge is -2.30.